The number of ether oxygens (including phenoxy) is 4. The lowest BCUT2D eigenvalue weighted by molar-refractivity contribution is 0.358. The molecule has 0 saturated heterocycles. The number of para-hydroxylation sites is 1. The number of guanidine groups is 1. The van der Waals surface area contributed by atoms with Crippen molar-refractivity contribution >= 4 is 5.96 Å². The van der Waals surface area contributed by atoms with Gasteiger partial charge in [-0.05, 0) is 12.5 Å². The summed E-state index contributed by atoms with van der Waals surface area (Å²) in [6.45, 7) is 5.39. The summed E-state index contributed by atoms with van der Waals surface area (Å²) in [5.74, 6) is 3.66. The number of hydrogen-bond donors (Lipinski definition) is 2. The zero-order valence-corrected chi connectivity index (χ0v) is 18.2. The van der Waals surface area contributed by atoms with Gasteiger partial charge in [-0.15, -0.1) is 0 Å². The van der Waals surface area contributed by atoms with Crippen molar-refractivity contribution in [3.05, 3.63) is 60.2 Å². The van der Waals surface area contributed by atoms with Crippen molar-refractivity contribution in [1.29, 1.82) is 0 Å². The number of hydrogen-bond acceptors (Lipinski definition) is 5. The average molecular weight is 414 g/mol. The number of aliphatic imine (C=N–C) groups is 1. The van der Waals surface area contributed by atoms with Crippen LogP contribution < -0.4 is 29.6 Å². The topological polar surface area (TPSA) is 73.3 Å². The second-order valence-corrected chi connectivity index (χ2v) is 6.32. The summed E-state index contributed by atoms with van der Waals surface area (Å²) in [4.78, 5) is 4.29. The summed E-state index contributed by atoms with van der Waals surface area (Å²) in [7, 11) is 6.63. The van der Waals surface area contributed by atoms with Crippen LogP contribution in [0, 0.1) is 0 Å². The average Bonchev–Trinajstić information content (AvgIpc) is 2.79. The van der Waals surface area contributed by atoms with Gasteiger partial charge in [-0.1, -0.05) is 30.9 Å². The molecule has 7 nitrogen and oxygen atoms in total. The first-order valence-electron chi connectivity index (χ1n) is 9.71. The largest absolute Gasteiger partial charge is 0.496 e. The molecule has 0 spiro atoms. The van der Waals surface area contributed by atoms with Crippen molar-refractivity contribution in [1.82, 2.24) is 10.6 Å². The van der Waals surface area contributed by atoms with Crippen LogP contribution in [0.25, 0.3) is 0 Å². The van der Waals surface area contributed by atoms with Gasteiger partial charge in [0.25, 0.3) is 0 Å². The van der Waals surface area contributed by atoms with E-state index in [4.69, 9.17) is 18.9 Å². The fourth-order valence-corrected chi connectivity index (χ4v) is 2.97. The van der Waals surface area contributed by atoms with Gasteiger partial charge in [-0.2, -0.15) is 0 Å². The van der Waals surface area contributed by atoms with Crippen molar-refractivity contribution < 1.29 is 18.9 Å². The second kappa shape index (κ2) is 12.3. The molecule has 0 aliphatic heterocycles. The number of rotatable bonds is 11. The first kappa shape index (κ1) is 22.9. The molecule has 2 rings (SSSR count). The van der Waals surface area contributed by atoms with E-state index < -0.39 is 0 Å². The Hall–Kier alpha value is -3.35. The summed E-state index contributed by atoms with van der Waals surface area (Å²) in [5.41, 5.74) is 2.01. The number of nitrogens with zero attached hydrogens (tertiary/aromatic N) is 1. The van der Waals surface area contributed by atoms with Crippen LogP contribution in [-0.4, -0.2) is 47.5 Å². The third-order valence-electron chi connectivity index (χ3n) is 4.48. The quantitative estimate of drug-likeness (QED) is 0.335. The molecule has 0 heterocycles. The van der Waals surface area contributed by atoms with Gasteiger partial charge < -0.3 is 29.6 Å². The van der Waals surface area contributed by atoms with E-state index in [1.807, 2.05) is 36.4 Å². The molecule has 0 aliphatic carbocycles. The van der Waals surface area contributed by atoms with E-state index in [1.54, 1.807) is 34.5 Å². The Labute approximate surface area is 178 Å². The van der Waals surface area contributed by atoms with Crippen LogP contribution >= 0.6 is 0 Å². The van der Waals surface area contributed by atoms with Gasteiger partial charge in [0.2, 0.25) is 0 Å². The molecule has 0 atom stereocenters. The van der Waals surface area contributed by atoms with Crippen molar-refractivity contribution in [2.45, 2.75) is 13.0 Å². The summed E-state index contributed by atoms with van der Waals surface area (Å²) >= 11 is 0. The highest BCUT2D eigenvalue weighted by Gasteiger charge is 2.13. The molecular weight excluding hydrogens is 382 g/mol. The fraction of sp³-hybridized carbons (Fsp3) is 0.348. The summed E-state index contributed by atoms with van der Waals surface area (Å²) in [5, 5.41) is 6.64. The molecule has 0 fully saturated rings. The maximum Gasteiger partial charge on any atom is 0.191 e. The lowest BCUT2D eigenvalue weighted by Gasteiger charge is -2.17. The van der Waals surface area contributed by atoms with Crippen LogP contribution in [0.3, 0.4) is 0 Å². The molecule has 0 saturated carbocycles. The van der Waals surface area contributed by atoms with Crippen molar-refractivity contribution in [2.75, 3.05) is 41.5 Å². The number of methoxy groups -OCH3 is 3. The summed E-state index contributed by atoms with van der Waals surface area (Å²) in [6.07, 6.45) is 2.42. The molecule has 2 N–H and O–H groups in total. The van der Waals surface area contributed by atoms with E-state index in [-0.39, 0.29) is 0 Å². The Morgan fingerprint density at radius 3 is 2.30 bits per heavy atom. The minimum atomic E-state index is 0.468. The van der Waals surface area contributed by atoms with E-state index >= 15 is 0 Å². The highest BCUT2D eigenvalue weighted by molar-refractivity contribution is 5.79. The molecule has 2 aromatic rings. The van der Waals surface area contributed by atoms with E-state index in [0.29, 0.717) is 37.8 Å². The van der Waals surface area contributed by atoms with E-state index in [0.717, 1.165) is 28.4 Å². The first-order valence-corrected chi connectivity index (χ1v) is 9.71. The van der Waals surface area contributed by atoms with Crippen LogP contribution in [0.15, 0.2) is 54.0 Å². The molecule has 0 aliphatic rings. The molecule has 30 heavy (non-hydrogen) atoms. The Bertz CT molecular complexity index is 827. The van der Waals surface area contributed by atoms with Crippen LogP contribution in [0.1, 0.15) is 11.1 Å². The standard InChI is InChI=1S/C23H31N3O4/c1-6-13-30-20-10-8-7-9-17(20)16-26-23(24-2)25-12-11-19-21(28-4)14-18(27-3)15-22(19)29-5/h6-10,14-15H,1,11-13,16H2,2-5H3,(H2,24,25,26). The van der Waals surface area contributed by atoms with Gasteiger partial charge >= 0.3 is 0 Å². The van der Waals surface area contributed by atoms with Crippen LogP contribution in [0.4, 0.5) is 0 Å². The van der Waals surface area contributed by atoms with Gasteiger partial charge in [0, 0.05) is 43.4 Å². The van der Waals surface area contributed by atoms with Crippen LogP contribution in [0.2, 0.25) is 0 Å². The number of nitrogens with one attached hydrogen (secondary N) is 2. The molecule has 0 amide bonds. The Morgan fingerprint density at radius 1 is 1.00 bits per heavy atom. The first-order chi connectivity index (χ1) is 14.7. The highest BCUT2D eigenvalue weighted by Crippen LogP contribution is 2.34. The maximum atomic E-state index is 5.70. The normalized spacial score (nSPS) is 10.9. The minimum Gasteiger partial charge on any atom is -0.496 e. The highest BCUT2D eigenvalue weighted by atomic mass is 16.5. The zero-order valence-electron chi connectivity index (χ0n) is 18.2. The zero-order chi connectivity index (χ0) is 21.8. The third kappa shape index (κ3) is 6.34. The Balaban J connectivity index is 1.97. The molecule has 0 aromatic heterocycles. The van der Waals surface area contributed by atoms with Gasteiger partial charge in [-0.25, -0.2) is 0 Å². The predicted octanol–water partition coefficient (Wildman–Crippen LogP) is 3.18. The summed E-state index contributed by atoms with van der Waals surface area (Å²) < 4.78 is 22.0. The molecular formula is C23H31N3O4. The van der Waals surface area contributed by atoms with Gasteiger partial charge in [0.1, 0.15) is 29.6 Å². The monoisotopic (exact) mass is 413 g/mol. The smallest absolute Gasteiger partial charge is 0.191 e. The minimum absolute atomic E-state index is 0.468. The molecule has 0 radical (unpaired) electrons. The van der Waals surface area contributed by atoms with Crippen LogP contribution in [0.5, 0.6) is 23.0 Å². The molecule has 0 bridgehead atoms. The molecule has 2 aromatic carbocycles. The van der Waals surface area contributed by atoms with Crippen LogP contribution in [-0.2, 0) is 13.0 Å². The molecule has 0 unspecified atom stereocenters. The Kier molecular flexibility index (Phi) is 9.37. The Morgan fingerprint density at radius 2 is 1.70 bits per heavy atom. The lowest BCUT2D eigenvalue weighted by atomic mass is 10.1. The lowest BCUT2D eigenvalue weighted by Crippen LogP contribution is -2.38. The maximum absolute atomic E-state index is 5.70. The van der Waals surface area contributed by atoms with Gasteiger partial charge in [0.05, 0.1) is 21.3 Å². The molecule has 7 heteroatoms. The van der Waals surface area contributed by atoms with E-state index in [1.165, 1.54) is 0 Å². The SMILES string of the molecule is C=CCOc1ccccc1CNC(=NC)NCCc1c(OC)cc(OC)cc1OC. The van der Waals surface area contributed by atoms with E-state index in [9.17, 15) is 0 Å². The van der Waals surface area contributed by atoms with Gasteiger partial charge in [0.15, 0.2) is 5.96 Å². The second-order valence-electron chi connectivity index (χ2n) is 6.32. The van der Waals surface area contributed by atoms with E-state index in [2.05, 4.69) is 22.2 Å². The van der Waals surface area contributed by atoms with Crippen molar-refractivity contribution in [3.8, 4) is 23.0 Å². The van der Waals surface area contributed by atoms with Crippen molar-refractivity contribution in [3.63, 3.8) is 0 Å². The van der Waals surface area contributed by atoms with Crippen molar-refractivity contribution in [2.24, 2.45) is 4.99 Å². The fourth-order valence-electron chi connectivity index (χ4n) is 2.97. The third-order valence-corrected chi connectivity index (χ3v) is 4.48. The predicted molar refractivity (Wildman–Crippen MR) is 120 cm³/mol. The van der Waals surface area contributed by atoms with Gasteiger partial charge in [-0.3, -0.25) is 4.99 Å². The summed E-state index contributed by atoms with van der Waals surface area (Å²) in [6, 6.07) is 11.6. The molecule has 162 valence electrons. The number of benzene rings is 2.